The summed E-state index contributed by atoms with van der Waals surface area (Å²) in [6.07, 6.45) is 2.89. The zero-order valence-electron chi connectivity index (χ0n) is 8.14. The van der Waals surface area contributed by atoms with E-state index < -0.39 is 0 Å². The summed E-state index contributed by atoms with van der Waals surface area (Å²) in [6.45, 7) is 4.29. The Morgan fingerprint density at radius 3 is 3.15 bits per heavy atom. The molecule has 1 fully saturated rings. The lowest BCUT2D eigenvalue weighted by molar-refractivity contribution is 0.147. The molecule has 13 heavy (non-hydrogen) atoms. The average Bonchev–Trinajstić information content (AvgIpc) is 2.33. The maximum Gasteiger partial charge on any atom is 0.407 e. The number of hydrogen-bond donors (Lipinski definition) is 2. The van der Waals surface area contributed by atoms with Crippen molar-refractivity contribution in [1.29, 1.82) is 0 Å². The van der Waals surface area contributed by atoms with Gasteiger partial charge in [-0.2, -0.15) is 0 Å². The first-order valence-corrected chi connectivity index (χ1v) is 4.97. The van der Waals surface area contributed by atoms with Crippen molar-refractivity contribution in [3.63, 3.8) is 0 Å². The highest BCUT2D eigenvalue weighted by molar-refractivity contribution is 5.67. The molecule has 1 aliphatic rings. The van der Waals surface area contributed by atoms with Crippen molar-refractivity contribution in [3.8, 4) is 0 Å². The van der Waals surface area contributed by atoms with Crippen LogP contribution in [0.3, 0.4) is 0 Å². The zero-order valence-corrected chi connectivity index (χ0v) is 8.14. The van der Waals surface area contributed by atoms with E-state index in [9.17, 15) is 4.79 Å². The van der Waals surface area contributed by atoms with Gasteiger partial charge in [0.05, 0.1) is 6.61 Å². The van der Waals surface area contributed by atoms with Crippen LogP contribution in [0.15, 0.2) is 0 Å². The summed E-state index contributed by atoms with van der Waals surface area (Å²) >= 11 is 0. The highest BCUT2D eigenvalue weighted by Gasteiger charge is 2.14. The van der Waals surface area contributed by atoms with E-state index in [1.165, 1.54) is 0 Å². The topological polar surface area (TPSA) is 50.4 Å². The molecule has 0 spiro atoms. The normalized spacial score (nSPS) is 23.3. The third kappa shape index (κ3) is 4.12. The lowest BCUT2D eigenvalue weighted by atomic mass is 10.1. The fourth-order valence-electron chi connectivity index (χ4n) is 1.50. The van der Waals surface area contributed by atoms with Crippen molar-refractivity contribution in [1.82, 2.24) is 10.6 Å². The second-order valence-electron chi connectivity index (χ2n) is 3.24. The standard InChI is InChI=1S/C9H18N2O2/c1-2-13-9(12)11-8-4-3-6-10-7-5-8/h8,10H,2-7H2,1H3,(H,11,12). The quantitative estimate of drug-likeness (QED) is 0.673. The SMILES string of the molecule is CCOC(=O)NC1CCCNCC1. The first kappa shape index (κ1) is 10.3. The van der Waals surface area contributed by atoms with Crippen LogP contribution in [0.2, 0.25) is 0 Å². The van der Waals surface area contributed by atoms with Gasteiger partial charge in [-0.15, -0.1) is 0 Å². The smallest absolute Gasteiger partial charge is 0.407 e. The van der Waals surface area contributed by atoms with Crippen molar-refractivity contribution in [2.75, 3.05) is 19.7 Å². The summed E-state index contributed by atoms with van der Waals surface area (Å²) in [6, 6.07) is 0.286. The van der Waals surface area contributed by atoms with Crippen molar-refractivity contribution in [2.24, 2.45) is 0 Å². The average molecular weight is 186 g/mol. The van der Waals surface area contributed by atoms with Crippen LogP contribution in [0.5, 0.6) is 0 Å². The van der Waals surface area contributed by atoms with Gasteiger partial charge in [-0.25, -0.2) is 4.79 Å². The van der Waals surface area contributed by atoms with E-state index in [0.29, 0.717) is 6.61 Å². The minimum atomic E-state index is -0.283. The Labute approximate surface area is 79.0 Å². The minimum absolute atomic E-state index is 0.283. The van der Waals surface area contributed by atoms with Crippen LogP contribution in [0, 0.1) is 0 Å². The Kier molecular flexibility index (Phi) is 4.60. The summed E-state index contributed by atoms with van der Waals surface area (Å²) in [4.78, 5) is 11.1. The van der Waals surface area contributed by atoms with Gasteiger partial charge in [-0.05, 0) is 39.3 Å². The summed E-state index contributed by atoms with van der Waals surface area (Å²) in [7, 11) is 0. The number of carbonyl (C=O) groups excluding carboxylic acids is 1. The van der Waals surface area contributed by atoms with Crippen LogP contribution in [0.25, 0.3) is 0 Å². The molecule has 76 valence electrons. The molecule has 1 amide bonds. The van der Waals surface area contributed by atoms with Crippen LogP contribution in [-0.4, -0.2) is 31.8 Å². The van der Waals surface area contributed by atoms with Gasteiger partial charge < -0.3 is 15.4 Å². The number of rotatable bonds is 2. The van der Waals surface area contributed by atoms with Crippen molar-refractivity contribution < 1.29 is 9.53 Å². The van der Waals surface area contributed by atoms with E-state index >= 15 is 0 Å². The molecule has 2 N–H and O–H groups in total. The van der Waals surface area contributed by atoms with Crippen LogP contribution >= 0.6 is 0 Å². The molecule has 0 aromatic carbocycles. The molecule has 1 rings (SSSR count). The zero-order chi connectivity index (χ0) is 9.52. The van der Waals surface area contributed by atoms with Gasteiger partial charge in [0, 0.05) is 6.04 Å². The highest BCUT2D eigenvalue weighted by Crippen LogP contribution is 2.04. The maximum atomic E-state index is 11.1. The number of alkyl carbamates (subject to hydrolysis) is 1. The fraction of sp³-hybridized carbons (Fsp3) is 0.889. The molecule has 0 bridgehead atoms. The third-order valence-corrected chi connectivity index (χ3v) is 2.17. The van der Waals surface area contributed by atoms with E-state index in [0.717, 1.165) is 32.4 Å². The largest absolute Gasteiger partial charge is 0.450 e. The summed E-state index contributed by atoms with van der Waals surface area (Å²) in [5.41, 5.74) is 0. The number of amides is 1. The number of ether oxygens (including phenoxy) is 1. The van der Waals surface area contributed by atoms with Gasteiger partial charge in [0.1, 0.15) is 0 Å². The highest BCUT2D eigenvalue weighted by atomic mass is 16.5. The number of nitrogens with one attached hydrogen (secondary N) is 2. The molecular weight excluding hydrogens is 168 g/mol. The van der Waals surface area contributed by atoms with E-state index in [1.54, 1.807) is 0 Å². The summed E-state index contributed by atoms with van der Waals surface area (Å²) in [5, 5.41) is 6.15. The Morgan fingerprint density at radius 1 is 1.54 bits per heavy atom. The van der Waals surface area contributed by atoms with E-state index in [-0.39, 0.29) is 12.1 Å². The van der Waals surface area contributed by atoms with E-state index in [1.807, 2.05) is 6.92 Å². The van der Waals surface area contributed by atoms with Crippen LogP contribution in [0.1, 0.15) is 26.2 Å². The monoisotopic (exact) mass is 186 g/mol. The Bertz CT molecular complexity index is 154. The molecule has 1 heterocycles. The Morgan fingerprint density at radius 2 is 2.38 bits per heavy atom. The van der Waals surface area contributed by atoms with E-state index in [4.69, 9.17) is 4.74 Å². The van der Waals surface area contributed by atoms with Gasteiger partial charge >= 0.3 is 6.09 Å². The van der Waals surface area contributed by atoms with Gasteiger partial charge in [0.15, 0.2) is 0 Å². The summed E-state index contributed by atoms with van der Waals surface area (Å²) in [5.74, 6) is 0. The fourth-order valence-corrected chi connectivity index (χ4v) is 1.50. The first-order valence-electron chi connectivity index (χ1n) is 4.97. The van der Waals surface area contributed by atoms with E-state index in [2.05, 4.69) is 10.6 Å². The molecule has 1 atom stereocenters. The molecule has 4 nitrogen and oxygen atoms in total. The molecule has 4 heteroatoms. The molecule has 1 aliphatic heterocycles. The molecule has 0 aromatic heterocycles. The molecule has 0 radical (unpaired) electrons. The lowest BCUT2D eigenvalue weighted by Gasteiger charge is -2.14. The predicted molar refractivity (Wildman–Crippen MR) is 50.7 cm³/mol. The molecular formula is C9H18N2O2. The maximum absolute atomic E-state index is 11.1. The van der Waals surface area contributed by atoms with Gasteiger partial charge in [-0.3, -0.25) is 0 Å². The first-order chi connectivity index (χ1) is 6.33. The number of carbonyl (C=O) groups is 1. The molecule has 1 saturated heterocycles. The van der Waals surface area contributed by atoms with Crippen LogP contribution in [0.4, 0.5) is 4.79 Å². The van der Waals surface area contributed by atoms with Crippen molar-refractivity contribution in [3.05, 3.63) is 0 Å². The lowest BCUT2D eigenvalue weighted by Crippen LogP contribution is -2.35. The molecule has 1 unspecified atom stereocenters. The summed E-state index contributed by atoms with van der Waals surface area (Å²) < 4.78 is 4.81. The molecule has 0 saturated carbocycles. The van der Waals surface area contributed by atoms with Gasteiger partial charge in [0.2, 0.25) is 0 Å². The van der Waals surface area contributed by atoms with Crippen LogP contribution < -0.4 is 10.6 Å². The Hall–Kier alpha value is -0.770. The second kappa shape index (κ2) is 5.80. The minimum Gasteiger partial charge on any atom is -0.450 e. The number of hydrogen-bond acceptors (Lipinski definition) is 3. The van der Waals surface area contributed by atoms with Gasteiger partial charge in [-0.1, -0.05) is 0 Å². The Balaban J connectivity index is 2.21. The van der Waals surface area contributed by atoms with Crippen molar-refractivity contribution >= 4 is 6.09 Å². The second-order valence-corrected chi connectivity index (χ2v) is 3.24. The van der Waals surface area contributed by atoms with Gasteiger partial charge in [0.25, 0.3) is 0 Å². The van der Waals surface area contributed by atoms with Crippen LogP contribution in [-0.2, 0) is 4.74 Å². The third-order valence-electron chi connectivity index (χ3n) is 2.17. The molecule has 0 aliphatic carbocycles. The van der Waals surface area contributed by atoms with Crippen molar-refractivity contribution in [2.45, 2.75) is 32.2 Å². The predicted octanol–water partition coefficient (Wildman–Crippen LogP) is 0.875. The molecule has 0 aromatic rings.